The van der Waals surface area contributed by atoms with Gasteiger partial charge in [0, 0.05) is 23.1 Å². The number of hydrogen-bond acceptors (Lipinski definition) is 3. The molecule has 2 aromatic rings. The molecule has 0 saturated carbocycles. The molecule has 5 nitrogen and oxygen atoms in total. The highest BCUT2D eigenvalue weighted by molar-refractivity contribution is 9.10. The predicted octanol–water partition coefficient (Wildman–Crippen LogP) is 2.86. The van der Waals surface area contributed by atoms with Crippen molar-refractivity contribution in [3.05, 3.63) is 40.9 Å². The maximum Gasteiger partial charge on any atom is 0.408 e. The SMILES string of the molecule is O=C(Nc1cnn(CC(F)(F)F)c1)c1cncc(Br)c1. The van der Waals surface area contributed by atoms with Crippen molar-refractivity contribution in [2.75, 3.05) is 5.32 Å². The van der Waals surface area contributed by atoms with Crippen molar-refractivity contribution >= 4 is 27.5 Å². The Balaban J connectivity index is 2.05. The zero-order valence-corrected chi connectivity index (χ0v) is 11.4. The van der Waals surface area contributed by atoms with E-state index in [4.69, 9.17) is 0 Å². The van der Waals surface area contributed by atoms with Gasteiger partial charge in [-0.2, -0.15) is 18.3 Å². The molecule has 0 fully saturated rings. The van der Waals surface area contributed by atoms with Gasteiger partial charge in [-0.05, 0) is 22.0 Å². The number of rotatable bonds is 3. The maximum absolute atomic E-state index is 12.2. The van der Waals surface area contributed by atoms with Gasteiger partial charge in [0.25, 0.3) is 5.91 Å². The molecule has 0 aliphatic heterocycles. The summed E-state index contributed by atoms with van der Waals surface area (Å²) in [4.78, 5) is 15.7. The fourth-order valence-electron chi connectivity index (χ4n) is 1.44. The summed E-state index contributed by atoms with van der Waals surface area (Å²) >= 11 is 3.17. The van der Waals surface area contributed by atoms with E-state index in [1.54, 1.807) is 6.07 Å². The molecule has 1 N–H and O–H groups in total. The molecule has 0 spiro atoms. The van der Waals surface area contributed by atoms with Crippen molar-refractivity contribution in [2.45, 2.75) is 12.7 Å². The largest absolute Gasteiger partial charge is 0.408 e. The number of anilines is 1. The third kappa shape index (κ3) is 4.05. The molecule has 106 valence electrons. The van der Waals surface area contributed by atoms with Gasteiger partial charge in [-0.15, -0.1) is 0 Å². The van der Waals surface area contributed by atoms with E-state index in [1.807, 2.05) is 0 Å². The molecular weight excluding hydrogens is 341 g/mol. The molecule has 2 aromatic heterocycles. The molecule has 0 aliphatic rings. The Morgan fingerprint density at radius 2 is 2.10 bits per heavy atom. The Bertz CT molecular complexity index is 626. The van der Waals surface area contributed by atoms with E-state index >= 15 is 0 Å². The van der Waals surface area contributed by atoms with Crippen LogP contribution in [0.3, 0.4) is 0 Å². The summed E-state index contributed by atoms with van der Waals surface area (Å²) in [6.45, 7) is -1.21. The number of carbonyl (C=O) groups is 1. The molecule has 0 saturated heterocycles. The molecule has 20 heavy (non-hydrogen) atoms. The standard InChI is InChI=1S/C11H8BrF3N4O/c12-8-1-7(2-16-3-8)10(20)18-9-4-17-19(5-9)6-11(13,14)15/h1-5H,6H2,(H,18,20). The highest BCUT2D eigenvalue weighted by atomic mass is 79.9. The number of halogens is 4. The summed E-state index contributed by atoms with van der Waals surface area (Å²) in [5, 5.41) is 5.96. The van der Waals surface area contributed by atoms with E-state index in [0.717, 1.165) is 12.4 Å². The highest BCUT2D eigenvalue weighted by Crippen LogP contribution is 2.18. The van der Waals surface area contributed by atoms with E-state index in [-0.39, 0.29) is 11.3 Å². The number of amides is 1. The molecule has 2 rings (SSSR count). The van der Waals surface area contributed by atoms with Gasteiger partial charge in [0.05, 0.1) is 17.4 Å². The molecule has 0 bridgehead atoms. The Kier molecular flexibility index (Phi) is 4.07. The number of pyridine rings is 1. The van der Waals surface area contributed by atoms with Gasteiger partial charge in [0.2, 0.25) is 0 Å². The van der Waals surface area contributed by atoms with Crippen molar-refractivity contribution < 1.29 is 18.0 Å². The fourth-order valence-corrected chi connectivity index (χ4v) is 1.80. The minimum atomic E-state index is -4.36. The van der Waals surface area contributed by atoms with E-state index in [2.05, 4.69) is 31.3 Å². The summed E-state index contributed by atoms with van der Waals surface area (Å²) in [5.41, 5.74) is 0.460. The lowest BCUT2D eigenvalue weighted by atomic mass is 10.2. The lowest BCUT2D eigenvalue weighted by Crippen LogP contribution is -2.18. The van der Waals surface area contributed by atoms with Crippen LogP contribution in [0.4, 0.5) is 18.9 Å². The number of alkyl halides is 3. The van der Waals surface area contributed by atoms with Crippen molar-refractivity contribution in [3.63, 3.8) is 0 Å². The first-order valence-corrected chi connectivity index (χ1v) is 6.14. The van der Waals surface area contributed by atoms with Crippen molar-refractivity contribution in [1.29, 1.82) is 0 Å². The van der Waals surface area contributed by atoms with E-state index in [1.165, 1.54) is 12.4 Å². The van der Waals surface area contributed by atoms with Crippen LogP contribution < -0.4 is 5.32 Å². The Morgan fingerprint density at radius 1 is 1.35 bits per heavy atom. The molecule has 0 atom stereocenters. The summed E-state index contributed by atoms with van der Waals surface area (Å²) in [7, 11) is 0. The summed E-state index contributed by atoms with van der Waals surface area (Å²) in [6, 6.07) is 1.54. The molecule has 0 aliphatic carbocycles. The monoisotopic (exact) mass is 348 g/mol. The van der Waals surface area contributed by atoms with Gasteiger partial charge < -0.3 is 5.32 Å². The zero-order chi connectivity index (χ0) is 14.8. The average Bonchev–Trinajstić information content (AvgIpc) is 2.74. The average molecular weight is 349 g/mol. The first-order valence-electron chi connectivity index (χ1n) is 5.34. The summed E-state index contributed by atoms with van der Waals surface area (Å²) in [6.07, 6.45) is 0.756. The summed E-state index contributed by atoms with van der Waals surface area (Å²) < 4.78 is 37.8. The second-order valence-electron chi connectivity index (χ2n) is 3.89. The minimum absolute atomic E-state index is 0.180. The van der Waals surface area contributed by atoms with Crippen LogP contribution in [0.15, 0.2) is 35.3 Å². The molecule has 0 unspecified atom stereocenters. The Morgan fingerprint density at radius 3 is 2.75 bits per heavy atom. The predicted molar refractivity (Wildman–Crippen MR) is 68.2 cm³/mol. The van der Waals surface area contributed by atoms with Crippen LogP contribution in [0.2, 0.25) is 0 Å². The Hall–Kier alpha value is -1.90. The van der Waals surface area contributed by atoms with E-state index in [9.17, 15) is 18.0 Å². The third-order valence-corrected chi connectivity index (χ3v) is 2.63. The summed E-state index contributed by atoms with van der Waals surface area (Å²) in [5.74, 6) is -0.481. The number of carbonyl (C=O) groups excluding carboxylic acids is 1. The molecule has 9 heteroatoms. The van der Waals surface area contributed by atoms with Gasteiger partial charge >= 0.3 is 6.18 Å². The smallest absolute Gasteiger partial charge is 0.319 e. The molecule has 1 amide bonds. The third-order valence-electron chi connectivity index (χ3n) is 2.20. The number of aromatic nitrogens is 3. The van der Waals surface area contributed by atoms with Gasteiger partial charge in [0.1, 0.15) is 6.54 Å². The first kappa shape index (κ1) is 14.5. The second kappa shape index (κ2) is 5.61. The van der Waals surface area contributed by atoms with Gasteiger partial charge in [-0.3, -0.25) is 14.5 Å². The number of nitrogens with one attached hydrogen (secondary N) is 1. The molecule has 2 heterocycles. The van der Waals surface area contributed by atoms with Gasteiger partial charge in [0.15, 0.2) is 0 Å². The maximum atomic E-state index is 12.2. The van der Waals surface area contributed by atoms with Crippen LogP contribution in [0.25, 0.3) is 0 Å². The number of nitrogens with zero attached hydrogens (tertiary/aromatic N) is 3. The van der Waals surface area contributed by atoms with Crippen LogP contribution in [0.1, 0.15) is 10.4 Å². The van der Waals surface area contributed by atoms with Gasteiger partial charge in [-0.1, -0.05) is 0 Å². The Labute approximate surface area is 119 Å². The van der Waals surface area contributed by atoms with Gasteiger partial charge in [-0.25, -0.2) is 0 Å². The van der Waals surface area contributed by atoms with Crippen LogP contribution in [0, 0.1) is 0 Å². The lowest BCUT2D eigenvalue weighted by molar-refractivity contribution is -0.142. The van der Waals surface area contributed by atoms with Crippen molar-refractivity contribution in [3.8, 4) is 0 Å². The minimum Gasteiger partial charge on any atom is -0.319 e. The van der Waals surface area contributed by atoms with Crippen molar-refractivity contribution in [1.82, 2.24) is 14.8 Å². The normalized spacial score (nSPS) is 11.4. The van der Waals surface area contributed by atoms with Crippen molar-refractivity contribution in [2.24, 2.45) is 0 Å². The zero-order valence-electron chi connectivity index (χ0n) is 9.86. The fraction of sp³-hybridized carbons (Fsp3) is 0.182. The van der Waals surface area contributed by atoms with Crippen LogP contribution >= 0.6 is 15.9 Å². The van der Waals surface area contributed by atoms with Crippen LogP contribution in [-0.4, -0.2) is 26.8 Å². The van der Waals surface area contributed by atoms with Crippen LogP contribution in [-0.2, 0) is 6.54 Å². The highest BCUT2D eigenvalue weighted by Gasteiger charge is 2.28. The van der Waals surface area contributed by atoms with E-state index in [0.29, 0.717) is 9.15 Å². The van der Waals surface area contributed by atoms with E-state index < -0.39 is 18.6 Å². The quantitative estimate of drug-likeness (QED) is 0.927. The molecule has 0 aromatic carbocycles. The number of hydrogen-bond donors (Lipinski definition) is 1. The second-order valence-corrected chi connectivity index (χ2v) is 4.80. The van der Waals surface area contributed by atoms with Crippen LogP contribution in [0.5, 0.6) is 0 Å². The first-order chi connectivity index (χ1) is 9.33. The molecular formula is C11H8BrF3N4O. The topological polar surface area (TPSA) is 59.8 Å². The lowest BCUT2D eigenvalue weighted by Gasteiger charge is -2.05. The molecule has 0 radical (unpaired) electrons.